The number of benzene rings is 1. The van der Waals surface area contributed by atoms with E-state index in [4.69, 9.17) is 23.2 Å². The lowest BCUT2D eigenvalue weighted by atomic mass is 9.88. The molecule has 11 heteroatoms. The summed E-state index contributed by atoms with van der Waals surface area (Å²) in [6.07, 6.45) is 3.53. The summed E-state index contributed by atoms with van der Waals surface area (Å²) in [5.74, 6) is -1.87. The molecule has 4 rings (SSSR count). The van der Waals surface area contributed by atoms with Gasteiger partial charge in [-0.15, -0.1) is 0 Å². The molecule has 1 aliphatic heterocycles. The number of aliphatic hydroxyl groups is 1. The minimum atomic E-state index is -0.898. The number of nitrogens with one attached hydrogen (secondary N) is 2. The zero-order chi connectivity index (χ0) is 23.7. The van der Waals surface area contributed by atoms with E-state index in [2.05, 4.69) is 30.6 Å². The third-order valence-electron chi connectivity index (χ3n) is 5.57. The van der Waals surface area contributed by atoms with Crippen LogP contribution in [0.2, 0.25) is 10.0 Å². The maximum absolute atomic E-state index is 14.5. The predicted octanol–water partition coefficient (Wildman–Crippen LogP) is 3.76. The van der Waals surface area contributed by atoms with Crippen molar-refractivity contribution in [3.8, 4) is 11.1 Å². The second kappa shape index (κ2) is 9.54. The molecular weight excluding hydrogens is 470 g/mol. The Balaban J connectivity index is 1.53. The summed E-state index contributed by atoms with van der Waals surface area (Å²) >= 11 is 12.0. The van der Waals surface area contributed by atoms with Crippen molar-refractivity contribution in [3.05, 3.63) is 64.2 Å². The van der Waals surface area contributed by atoms with Crippen LogP contribution < -0.4 is 10.6 Å². The number of carbonyl (C=O) groups excluding carboxylic acids is 1. The van der Waals surface area contributed by atoms with Crippen molar-refractivity contribution in [2.75, 3.05) is 11.9 Å². The van der Waals surface area contributed by atoms with E-state index in [0.29, 0.717) is 15.9 Å². The topological polar surface area (TPSA) is 113 Å². The number of rotatable bonds is 6. The van der Waals surface area contributed by atoms with Crippen molar-refractivity contribution in [3.63, 3.8) is 0 Å². The van der Waals surface area contributed by atoms with Crippen molar-refractivity contribution in [1.29, 1.82) is 0 Å². The molecular formula is C22H21Cl2FN6O2. The number of anilines is 1. The van der Waals surface area contributed by atoms with Crippen LogP contribution >= 0.6 is 23.2 Å². The second-order valence-electron chi connectivity index (χ2n) is 7.88. The molecule has 0 saturated carbocycles. The quantitative estimate of drug-likeness (QED) is 0.481. The summed E-state index contributed by atoms with van der Waals surface area (Å²) in [7, 11) is 0. The summed E-state index contributed by atoms with van der Waals surface area (Å²) in [5, 5.41) is 16.6. The fourth-order valence-corrected chi connectivity index (χ4v) is 4.03. The van der Waals surface area contributed by atoms with Crippen LogP contribution in [-0.4, -0.2) is 43.6 Å². The first kappa shape index (κ1) is 23.3. The van der Waals surface area contributed by atoms with Crippen LogP contribution in [0.25, 0.3) is 11.1 Å². The van der Waals surface area contributed by atoms with Crippen molar-refractivity contribution >= 4 is 35.1 Å². The largest absolute Gasteiger partial charge is 0.393 e. The van der Waals surface area contributed by atoms with Crippen LogP contribution in [0.1, 0.15) is 37.3 Å². The second-order valence-corrected chi connectivity index (χ2v) is 8.69. The standard InChI is InChI=1S/C22H21Cl2FN6O2/c1-10(20-26-6-13(7-27-20)12-3-4-15(23)16(24)5-12)30-22-29-9-17(25)19(31-22)18-14(11(2)32)8-28-21(18)33/h3-7,9-11,14,18,32H,8H2,1-2H3,(H,28,33)(H,29,30,31)/t10-,11+,14?,18+/m0/s1. The van der Waals surface area contributed by atoms with Crippen LogP contribution in [-0.2, 0) is 4.79 Å². The van der Waals surface area contributed by atoms with Crippen LogP contribution in [0.15, 0.2) is 36.8 Å². The Morgan fingerprint density at radius 1 is 1.12 bits per heavy atom. The first-order valence-corrected chi connectivity index (χ1v) is 11.0. The molecule has 33 heavy (non-hydrogen) atoms. The zero-order valence-corrected chi connectivity index (χ0v) is 19.3. The number of carbonyl (C=O) groups is 1. The van der Waals surface area contributed by atoms with Gasteiger partial charge in [0, 0.05) is 30.4 Å². The molecule has 2 aromatic heterocycles. The first-order chi connectivity index (χ1) is 15.7. The highest BCUT2D eigenvalue weighted by molar-refractivity contribution is 6.42. The van der Waals surface area contributed by atoms with Gasteiger partial charge in [0.1, 0.15) is 5.82 Å². The maximum atomic E-state index is 14.5. The Bertz CT molecular complexity index is 1180. The number of aromatic nitrogens is 4. The maximum Gasteiger partial charge on any atom is 0.229 e. The third kappa shape index (κ3) is 4.90. The Morgan fingerprint density at radius 3 is 2.52 bits per heavy atom. The highest BCUT2D eigenvalue weighted by atomic mass is 35.5. The fourth-order valence-electron chi connectivity index (χ4n) is 3.73. The third-order valence-corrected chi connectivity index (χ3v) is 6.30. The average molecular weight is 491 g/mol. The fraction of sp³-hybridized carbons (Fsp3) is 0.318. The predicted molar refractivity (Wildman–Crippen MR) is 122 cm³/mol. The molecule has 3 N–H and O–H groups in total. The van der Waals surface area contributed by atoms with Gasteiger partial charge in [-0.3, -0.25) is 4.79 Å². The van der Waals surface area contributed by atoms with E-state index in [-0.39, 0.29) is 24.1 Å². The summed E-state index contributed by atoms with van der Waals surface area (Å²) in [6.45, 7) is 3.63. The SMILES string of the molecule is C[C@H](Nc1ncc(F)c([C@@H]2C(=O)NCC2[C@@H](C)O)n1)c1ncc(-c2ccc(Cl)c(Cl)c2)cn1. The van der Waals surface area contributed by atoms with E-state index in [1.54, 1.807) is 38.4 Å². The van der Waals surface area contributed by atoms with Gasteiger partial charge in [-0.05, 0) is 31.5 Å². The van der Waals surface area contributed by atoms with E-state index >= 15 is 0 Å². The molecule has 0 aliphatic carbocycles. The van der Waals surface area contributed by atoms with E-state index in [1.807, 2.05) is 6.07 Å². The van der Waals surface area contributed by atoms with Gasteiger partial charge >= 0.3 is 0 Å². The van der Waals surface area contributed by atoms with Crippen LogP contribution in [0.4, 0.5) is 10.3 Å². The highest BCUT2D eigenvalue weighted by Gasteiger charge is 2.41. The molecule has 0 bridgehead atoms. The number of hydrogen-bond donors (Lipinski definition) is 3. The van der Waals surface area contributed by atoms with E-state index < -0.39 is 29.8 Å². The lowest BCUT2D eigenvalue weighted by Gasteiger charge is -2.20. The van der Waals surface area contributed by atoms with Crippen LogP contribution in [0, 0.1) is 11.7 Å². The summed E-state index contributed by atoms with van der Waals surface area (Å²) < 4.78 is 14.5. The lowest BCUT2D eigenvalue weighted by molar-refractivity contribution is -0.121. The molecule has 1 saturated heterocycles. The number of nitrogens with zero attached hydrogens (tertiary/aromatic N) is 4. The Labute approximate surface area is 199 Å². The highest BCUT2D eigenvalue weighted by Crippen LogP contribution is 2.32. The van der Waals surface area contributed by atoms with E-state index in [0.717, 1.165) is 17.3 Å². The number of amides is 1. The molecule has 1 amide bonds. The number of hydrogen-bond acceptors (Lipinski definition) is 7. The molecule has 0 radical (unpaired) electrons. The lowest BCUT2D eigenvalue weighted by Crippen LogP contribution is -2.26. The van der Waals surface area contributed by atoms with Gasteiger partial charge < -0.3 is 15.7 Å². The van der Waals surface area contributed by atoms with Crippen molar-refractivity contribution < 1.29 is 14.3 Å². The minimum absolute atomic E-state index is 0.0588. The van der Waals surface area contributed by atoms with Gasteiger partial charge in [0.15, 0.2) is 5.82 Å². The number of halogens is 3. The van der Waals surface area contributed by atoms with Crippen LogP contribution in [0.3, 0.4) is 0 Å². The van der Waals surface area contributed by atoms with Crippen molar-refractivity contribution in [2.45, 2.75) is 31.9 Å². The van der Waals surface area contributed by atoms with Crippen molar-refractivity contribution in [2.24, 2.45) is 5.92 Å². The van der Waals surface area contributed by atoms with Gasteiger partial charge in [-0.1, -0.05) is 29.3 Å². The molecule has 1 unspecified atom stereocenters. The van der Waals surface area contributed by atoms with Gasteiger partial charge in [-0.2, -0.15) is 0 Å². The van der Waals surface area contributed by atoms with Gasteiger partial charge in [0.25, 0.3) is 0 Å². The normalized spacial score (nSPS) is 19.8. The van der Waals surface area contributed by atoms with Gasteiger partial charge in [0.05, 0.1) is 40.0 Å². The van der Waals surface area contributed by atoms with E-state index in [9.17, 15) is 14.3 Å². The summed E-state index contributed by atoms with van der Waals surface area (Å²) in [4.78, 5) is 29.3. The first-order valence-electron chi connectivity index (χ1n) is 10.3. The molecule has 1 aromatic carbocycles. The molecule has 3 aromatic rings. The number of aliphatic hydroxyl groups excluding tert-OH is 1. The van der Waals surface area contributed by atoms with Crippen molar-refractivity contribution in [1.82, 2.24) is 25.3 Å². The Kier molecular flexibility index (Phi) is 6.73. The monoisotopic (exact) mass is 490 g/mol. The van der Waals surface area contributed by atoms with E-state index in [1.165, 1.54) is 0 Å². The average Bonchev–Trinajstić information content (AvgIpc) is 3.18. The summed E-state index contributed by atoms with van der Waals surface area (Å²) in [6, 6.07) is 4.85. The van der Waals surface area contributed by atoms with Gasteiger partial charge in [-0.25, -0.2) is 24.3 Å². The Morgan fingerprint density at radius 2 is 1.85 bits per heavy atom. The molecule has 1 fully saturated rings. The van der Waals surface area contributed by atoms with Gasteiger partial charge in [0.2, 0.25) is 11.9 Å². The molecule has 0 spiro atoms. The molecule has 172 valence electrons. The summed E-state index contributed by atoms with van der Waals surface area (Å²) in [5.41, 5.74) is 1.53. The zero-order valence-electron chi connectivity index (χ0n) is 17.8. The Hall–Kier alpha value is -2.88. The van der Waals surface area contributed by atoms with Crippen LogP contribution in [0.5, 0.6) is 0 Å². The smallest absolute Gasteiger partial charge is 0.229 e. The molecule has 8 nitrogen and oxygen atoms in total. The molecule has 3 heterocycles. The minimum Gasteiger partial charge on any atom is -0.393 e. The molecule has 1 aliphatic rings. The molecule has 4 atom stereocenters.